The van der Waals surface area contributed by atoms with Gasteiger partial charge in [-0.15, -0.1) is 5.10 Å². The summed E-state index contributed by atoms with van der Waals surface area (Å²) < 4.78 is 1.55. The Balaban J connectivity index is 1.34. The fourth-order valence-electron chi connectivity index (χ4n) is 5.58. The summed E-state index contributed by atoms with van der Waals surface area (Å²) in [6.07, 6.45) is 14.3. The molecule has 6 heteroatoms. The number of aromatic amines is 1. The van der Waals surface area contributed by atoms with Gasteiger partial charge in [-0.2, -0.15) is 4.68 Å². The van der Waals surface area contributed by atoms with Crippen molar-refractivity contribution < 1.29 is 0 Å². The van der Waals surface area contributed by atoms with Gasteiger partial charge in [0.25, 0.3) is 0 Å². The third kappa shape index (κ3) is 4.31. The highest BCUT2D eigenvalue weighted by Gasteiger charge is 2.26. The van der Waals surface area contributed by atoms with E-state index in [-0.39, 0.29) is 5.69 Å². The van der Waals surface area contributed by atoms with Gasteiger partial charge in [-0.25, -0.2) is 4.79 Å². The summed E-state index contributed by atoms with van der Waals surface area (Å²) in [6.45, 7) is 5.38. The Morgan fingerprint density at radius 2 is 1.97 bits per heavy atom. The second-order valence-electron chi connectivity index (χ2n) is 9.49. The second kappa shape index (κ2) is 8.95. The number of nitrogens with zero attached hydrogens (tertiary/aromatic N) is 4. The quantitative estimate of drug-likeness (QED) is 0.658. The summed E-state index contributed by atoms with van der Waals surface area (Å²) in [7, 11) is 0. The number of nitrogens with one attached hydrogen (secondary N) is 1. The third-order valence-electron chi connectivity index (χ3n) is 7.28. The van der Waals surface area contributed by atoms with Crippen LogP contribution in [0, 0.1) is 12.8 Å². The molecule has 3 heterocycles. The van der Waals surface area contributed by atoms with Gasteiger partial charge < -0.3 is 4.90 Å². The smallest absolute Gasteiger partial charge is 0.303 e. The fourth-order valence-corrected chi connectivity index (χ4v) is 5.58. The number of pyridine rings is 1. The van der Waals surface area contributed by atoms with E-state index in [0.717, 1.165) is 46.7 Å². The van der Waals surface area contributed by atoms with Crippen molar-refractivity contribution >= 4 is 10.8 Å². The van der Waals surface area contributed by atoms with Crippen molar-refractivity contribution in [2.75, 3.05) is 19.6 Å². The van der Waals surface area contributed by atoms with E-state index in [4.69, 9.17) is 5.10 Å². The van der Waals surface area contributed by atoms with Crippen LogP contribution in [0.15, 0.2) is 35.4 Å². The van der Waals surface area contributed by atoms with E-state index >= 15 is 0 Å². The van der Waals surface area contributed by atoms with Crippen molar-refractivity contribution in [2.24, 2.45) is 5.92 Å². The molecule has 1 N–H and O–H groups in total. The maximum Gasteiger partial charge on any atom is 0.348 e. The van der Waals surface area contributed by atoms with Crippen molar-refractivity contribution in [3.05, 3.63) is 52.5 Å². The van der Waals surface area contributed by atoms with Gasteiger partial charge in [0.05, 0.1) is 5.69 Å². The van der Waals surface area contributed by atoms with Crippen LogP contribution in [0.2, 0.25) is 0 Å². The lowest BCUT2D eigenvalue weighted by Gasteiger charge is -2.33. The van der Waals surface area contributed by atoms with E-state index in [1.54, 1.807) is 4.68 Å². The van der Waals surface area contributed by atoms with Gasteiger partial charge in [0.15, 0.2) is 0 Å². The predicted molar refractivity (Wildman–Crippen MR) is 124 cm³/mol. The molecule has 1 unspecified atom stereocenters. The zero-order valence-electron chi connectivity index (χ0n) is 18.5. The second-order valence-corrected chi connectivity index (χ2v) is 9.49. The molecule has 1 saturated carbocycles. The zero-order chi connectivity index (χ0) is 21.2. The molecule has 0 radical (unpaired) electrons. The van der Waals surface area contributed by atoms with Crippen LogP contribution in [0.25, 0.3) is 16.5 Å². The van der Waals surface area contributed by atoms with Gasteiger partial charge in [-0.1, -0.05) is 44.2 Å². The Morgan fingerprint density at radius 3 is 2.84 bits per heavy atom. The SMILES string of the molecule is Cc1cncc2cccc(-n3nc(C4CCCN(CCC5CCCCC5)C4)[nH]c3=O)c12. The molecule has 0 bridgehead atoms. The van der Waals surface area contributed by atoms with Gasteiger partial charge >= 0.3 is 5.69 Å². The molecular formula is C25H33N5O. The number of hydrogen-bond donors (Lipinski definition) is 1. The lowest BCUT2D eigenvalue weighted by molar-refractivity contribution is 0.182. The van der Waals surface area contributed by atoms with Gasteiger partial charge in [-0.05, 0) is 56.8 Å². The molecule has 3 aromatic rings. The number of rotatable bonds is 5. The van der Waals surface area contributed by atoms with Crippen molar-refractivity contribution in [3.63, 3.8) is 0 Å². The predicted octanol–water partition coefficient (Wildman–Crippen LogP) is 4.57. The number of aryl methyl sites for hydroxylation is 1. The minimum absolute atomic E-state index is 0.155. The summed E-state index contributed by atoms with van der Waals surface area (Å²) in [5.74, 6) is 2.04. The largest absolute Gasteiger partial charge is 0.348 e. The molecule has 1 aliphatic carbocycles. The third-order valence-corrected chi connectivity index (χ3v) is 7.28. The molecule has 2 aliphatic rings. The van der Waals surface area contributed by atoms with Gasteiger partial charge in [0, 0.05) is 35.6 Å². The normalized spacial score (nSPS) is 21.0. The van der Waals surface area contributed by atoms with Crippen molar-refractivity contribution in [3.8, 4) is 5.69 Å². The lowest BCUT2D eigenvalue weighted by atomic mass is 9.86. The molecule has 0 spiro atoms. The number of likely N-dealkylation sites (tertiary alicyclic amines) is 1. The van der Waals surface area contributed by atoms with E-state index in [1.165, 1.54) is 58.0 Å². The van der Waals surface area contributed by atoms with E-state index in [2.05, 4.69) is 14.9 Å². The summed E-state index contributed by atoms with van der Waals surface area (Å²) in [5.41, 5.74) is 1.73. The van der Waals surface area contributed by atoms with Gasteiger partial charge in [0.1, 0.15) is 5.82 Å². The average molecular weight is 420 g/mol. The standard InChI is InChI=1S/C25H33N5O/c1-18-15-26-16-20-9-5-11-22(23(18)20)30-25(31)27-24(28-30)21-10-6-13-29(17-21)14-12-19-7-3-2-4-8-19/h5,9,11,15-16,19,21H,2-4,6-8,10,12-14,17H2,1H3,(H,27,28,31). The van der Waals surface area contributed by atoms with Crippen LogP contribution in [0.5, 0.6) is 0 Å². The molecule has 6 nitrogen and oxygen atoms in total. The maximum atomic E-state index is 12.9. The fraction of sp³-hybridized carbons (Fsp3) is 0.560. The van der Waals surface area contributed by atoms with E-state index in [9.17, 15) is 4.79 Å². The first-order chi connectivity index (χ1) is 15.2. The molecule has 0 amide bonds. The van der Waals surface area contributed by atoms with Crippen LogP contribution in [0.1, 0.15) is 68.7 Å². The zero-order valence-corrected chi connectivity index (χ0v) is 18.5. The van der Waals surface area contributed by atoms with Gasteiger partial charge in [0.2, 0.25) is 0 Å². The molecule has 164 valence electrons. The topological polar surface area (TPSA) is 66.8 Å². The Hall–Kier alpha value is -2.47. The number of piperidine rings is 1. The van der Waals surface area contributed by atoms with Crippen molar-refractivity contribution in [1.29, 1.82) is 0 Å². The first-order valence-electron chi connectivity index (χ1n) is 11.9. The number of hydrogen-bond acceptors (Lipinski definition) is 4. The Labute approximate surface area is 183 Å². The maximum absolute atomic E-state index is 12.9. The summed E-state index contributed by atoms with van der Waals surface area (Å²) in [6, 6.07) is 5.97. The van der Waals surface area contributed by atoms with Crippen LogP contribution in [-0.2, 0) is 0 Å². The monoisotopic (exact) mass is 419 g/mol. The van der Waals surface area contributed by atoms with Crippen LogP contribution in [0.3, 0.4) is 0 Å². The van der Waals surface area contributed by atoms with E-state index < -0.39 is 0 Å². The van der Waals surface area contributed by atoms with E-state index in [1.807, 2.05) is 37.5 Å². The molecule has 2 fully saturated rings. The Morgan fingerprint density at radius 1 is 1.10 bits per heavy atom. The first-order valence-corrected chi connectivity index (χ1v) is 11.9. The minimum Gasteiger partial charge on any atom is -0.303 e. The van der Waals surface area contributed by atoms with Crippen molar-refractivity contribution in [1.82, 2.24) is 24.6 Å². The first kappa shape index (κ1) is 20.4. The highest BCUT2D eigenvalue weighted by atomic mass is 16.1. The molecule has 1 aliphatic heterocycles. The van der Waals surface area contributed by atoms with Crippen LogP contribution >= 0.6 is 0 Å². The van der Waals surface area contributed by atoms with Crippen LogP contribution < -0.4 is 5.69 Å². The molecule has 1 atom stereocenters. The number of aromatic nitrogens is 4. The Bertz CT molecular complexity index is 1090. The summed E-state index contributed by atoms with van der Waals surface area (Å²) in [5, 5.41) is 6.85. The number of H-pyrrole nitrogens is 1. The number of fused-ring (bicyclic) bond motifs is 1. The molecule has 2 aromatic heterocycles. The average Bonchev–Trinajstić information content (AvgIpc) is 3.20. The molecule has 1 saturated heterocycles. The molecule has 1 aromatic carbocycles. The molecule has 5 rings (SSSR count). The van der Waals surface area contributed by atoms with Gasteiger partial charge in [-0.3, -0.25) is 9.97 Å². The lowest BCUT2D eigenvalue weighted by Crippen LogP contribution is -2.36. The van der Waals surface area contributed by atoms with Crippen LogP contribution in [-0.4, -0.2) is 44.3 Å². The highest BCUT2D eigenvalue weighted by Crippen LogP contribution is 2.29. The minimum atomic E-state index is -0.155. The highest BCUT2D eigenvalue weighted by molar-refractivity contribution is 5.92. The molecule has 31 heavy (non-hydrogen) atoms. The molecular weight excluding hydrogens is 386 g/mol. The summed E-state index contributed by atoms with van der Waals surface area (Å²) >= 11 is 0. The number of benzene rings is 1. The van der Waals surface area contributed by atoms with Crippen LogP contribution in [0.4, 0.5) is 0 Å². The summed E-state index contributed by atoms with van der Waals surface area (Å²) in [4.78, 5) is 22.8. The van der Waals surface area contributed by atoms with E-state index in [0.29, 0.717) is 5.92 Å². The Kier molecular flexibility index (Phi) is 5.90. The van der Waals surface area contributed by atoms with Crippen molar-refractivity contribution in [2.45, 2.75) is 64.2 Å².